The second-order valence-electron chi connectivity index (χ2n) is 10.2. The van der Waals surface area contributed by atoms with Gasteiger partial charge in [0.2, 0.25) is 11.8 Å². The Kier molecular flexibility index (Phi) is 11.1. The van der Waals surface area contributed by atoms with Crippen molar-refractivity contribution >= 4 is 50.7 Å². The minimum Gasteiger partial charge on any atom is -0.352 e. The number of carbonyl (C=O) groups excluding carboxylic acids is 2. The molecule has 3 rings (SSSR count). The zero-order valence-electron chi connectivity index (χ0n) is 24.0. The van der Waals surface area contributed by atoms with Crippen LogP contribution < -0.4 is 9.62 Å². The molecule has 232 valence electrons. The second kappa shape index (κ2) is 14.0. The summed E-state index contributed by atoms with van der Waals surface area (Å²) < 4.78 is 69.8. The summed E-state index contributed by atoms with van der Waals surface area (Å²) in [4.78, 5) is 28.2. The van der Waals surface area contributed by atoms with E-state index in [0.717, 1.165) is 17.7 Å². The summed E-state index contributed by atoms with van der Waals surface area (Å²) in [5.74, 6) is -1.30. The van der Waals surface area contributed by atoms with Crippen LogP contribution in [0, 0.1) is 6.92 Å². The fraction of sp³-hybridized carbons (Fsp3) is 0.333. The molecule has 13 heteroatoms. The monoisotopic (exact) mass is 657 g/mol. The van der Waals surface area contributed by atoms with E-state index in [0.29, 0.717) is 21.0 Å². The summed E-state index contributed by atoms with van der Waals surface area (Å²) in [6.07, 6.45) is -4.73. The largest absolute Gasteiger partial charge is 0.417 e. The van der Waals surface area contributed by atoms with Gasteiger partial charge in [-0.2, -0.15) is 13.2 Å². The van der Waals surface area contributed by atoms with Crippen molar-refractivity contribution in [3.8, 4) is 0 Å². The second-order valence-corrected chi connectivity index (χ2v) is 12.9. The summed E-state index contributed by atoms with van der Waals surface area (Å²) in [6, 6.07) is 13.6. The summed E-state index contributed by atoms with van der Waals surface area (Å²) in [7, 11) is -4.58. The lowest BCUT2D eigenvalue weighted by molar-refractivity contribution is -0.140. The zero-order chi connectivity index (χ0) is 32.1. The number of nitrogens with zero attached hydrogens (tertiary/aromatic N) is 2. The Balaban J connectivity index is 2.17. The summed E-state index contributed by atoms with van der Waals surface area (Å²) in [5, 5.41) is 2.45. The van der Waals surface area contributed by atoms with Crippen molar-refractivity contribution in [1.82, 2.24) is 10.2 Å². The maximum Gasteiger partial charge on any atom is 0.417 e. The van der Waals surface area contributed by atoms with Crippen molar-refractivity contribution in [3.05, 3.63) is 93.5 Å². The molecule has 0 saturated carbocycles. The van der Waals surface area contributed by atoms with Gasteiger partial charge in [-0.25, -0.2) is 8.42 Å². The molecule has 1 N–H and O–H groups in total. The number of nitrogens with one attached hydrogen (secondary N) is 1. The highest BCUT2D eigenvalue weighted by Gasteiger charge is 2.37. The van der Waals surface area contributed by atoms with Gasteiger partial charge < -0.3 is 10.2 Å². The number of carbonyl (C=O) groups is 2. The van der Waals surface area contributed by atoms with Crippen molar-refractivity contribution in [2.75, 3.05) is 10.8 Å². The topological polar surface area (TPSA) is 86.8 Å². The Morgan fingerprint density at radius 3 is 2.14 bits per heavy atom. The third-order valence-corrected chi connectivity index (χ3v) is 9.03. The first-order chi connectivity index (χ1) is 20.1. The Labute approximate surface area is 259 Å². The van der Waals surface area contributed by atoms with Crippen molar-refractivity contribution in [2.45, 2.75) is 63.8 Å². The Morgan fingerprint density at radius 1 is 0.953 bits per heavy atom. The Bertz CT molecular complexity index is 1570. The van der Waals surface area contributed by atoms with E-state index < -0.39 is 56.9 Å². The van der Waals surface area contributed by atoms with Gasteiger partial charge >= 0.3 is 6.18 Å². The number of hydrogen-bond acceptors (Lipinski definition) is 4. The van der Waals surface area contributed by atoms with Gasteiger partial charge in [-0.1, -0.05) is 66.0 Å². The molecule has 0 aliphatic heterocycles. The summed E-state index contributed by atoms with van der Waals surface area (Å²) in [6.45, 7) is 5.86. The van der Waals surface area contributed by atoms with Crippen molar-refractivity contribution in [3.63, 3.8) is 0 Å². The Morgan fingerprint density at radius 2 is 1.58 bits per heavy atom. The van der Waals surface area contributed by atoms with Gasteiger partial charge in [0.1, 0.15) is 12.6 Å². The van der Waals surface area contributed by atoms with E-state index in [4.69, 9.17) is 23.2 Å². The molecule has 0 aliphatic carbocycles. The van der Waals surface area contributed by atoms with E-state index in [1.165, 1.54) is 29.2 Å². The number of rotatable bonds is 11. The molecule has 0 radical (unpaired) electrons. The van der Waals surface area contributed by atoms with E-state index in [1.807, 2.05) is 0 Å². The fourth-order valence-corrected chi connectivity index (χ4v) is 6.19. The van der Waals surface area contributed by atoms with Crippen molar-refractivity contribution in [2.24, 2.45) is 0 Å². The molecule has 43 heavy (non-hydrogen) atoms. The third kappa shape index (κ3) is 8.43. The third-order valence-electron chi connectivity index (χ3n) is 6.55. The molecule has 0 bridgehead atoms. The number of benzene rings is 3. The smallest absolute Gasteiger partial charge is 0.352 e. The van der Waals surface area contributed by atoms with Crippen LogP contribution in [0.4, 0.5) is 18.9 Å². The highest BCUT2D eigenvalue weighted by Crippen LogP contribution is 2.38. The number of alkyl halides is 3. The number of aryl methyl sites for hydroxylation is 1. The van der Waals surface area contributed by atoms with E-state index >= 15 is 0 Å². The quantitative estimate of drug-likeness (QED) is 0.244. The SMILES string of the molecule is CCC(C(=O)NC(C)C)N(Cc1ccccc1Cl)C(=O)CN(c1ccc(Cl)c(C(F)(F)F)c1)S(=O)(=O)c1ccc(C)cc1. The molecule has 0 fully saturated rings. The van der Waals surface area contributed by atoms with Crippen LogP contribution in [0.3, 0.4) is 0 Å². The molecule has 0 aromatic heterocycles. The maximum absolute atomic E-state index is 14.1. The van der Waals surface area contributed by atoms with E-state index in [1.54, 1.807) is 52.0 Å². The van der Waals surface area contributed by atoms with Crippen LogP contribution in [0.1, 0.15) is 43.9 Å². The van der Waals surface area contributed by atoms with E-state index in [9.17, 15) is 31.2 Å². The molecule has 0 saturated heterocycles. The predicted molar refractivity (Wildman–Crippen MR) is 162 cm³/mol. The minimum absolute atomic E-state index is 0.157. The number of hydrogen-bond donors (Lipinski definition) is 1. The lowest BCUT2D eigenvalue weighted by Gasteiger charge is -2.34. The lowest BCUT2D eigenvalue weighted by Crippen LogP contribution is -2.53. The van der Waals surface area contributed by atoms with Gasteiger partial charge in [-0.3, -0.25) is 13.9 Å². The average Bonchev–Trinajstić information content (AvgIpc) is 2.92. The van der Waals surface area contributed by atoms with Crippen molar-refractivity contribution < 1.29 is 31.2 Å². The van der Waals surface area contributed by atoms with Gasteiger partial charge in [-0.05, 0) is 69.2 Å². The molecule has 0 aliphatic rings. The van der Waals surface area contributed by atoms with Gasteiger partial charge in [0.25, 0.3) is 10.0 Å². The number of sulfonamides is 1. The first kappa shape index (κ1) is 34.2. The minimum atomic E-state index is -4.89. The average molecular weight is 659 g/mol. The van der Waals surface area contributed by atoms with E-state index in [-0.39, 0.29) is 23.9 Å². The molecule has 2 amide bonds. The van der Waals surface area contributed by atoms with Gasteiger partial charge in [0.15, 0.2) is 0 Å². The van der Waals surface area contributed by atoms with E-state index in [2.05, 4.69) is 5.32 Å². The molecule has 1 atom stereocenters. The molecule has 1 unspecified atom stereocenters. The highest BCUT2D eigenvalue weighted by molar-refractivity contribution is 7.92. The standard InChI is InChI=1S/C30H32Cl2F3N3O4S/c1-5-27(29(40)36-19(2)3)37(17-21-8-6-7-9-25(21)31)28(39)18-38(43(41,42)23-13-10-20(4)11-14-23)22-12-15-26(32)24(16-22)30(33,34)35/h6-16,19,27H,5,17-18H2,1-4H3,(H,36,40). The normalized spacial score (nSPS) is 12.6. The molecular weight excluding hydrogens is 626 g/mol. The fourth-order valence-electron chi connectivity index (χ4n) is 4.36. The van der Waals surface area contributed by atoms with Gasteiger partial charge in [-0.15, -0.1) is 0 Å². The van der Waals surface area contributed by atoms with Crippen LogP contribution in [0.15, 0.2) is 71.6 Å². The first-order valence-electron chi connectivity index (χ1n) is 13.4. The molecule has 0 spiro atoms. The van der Waals surface area contributed by atoms with Crippen LogP contribution >= 0.6 is 23.2 Å². The summed E-state index contributed by atoms with van der Waals surface area (Å²) in [5.41, 5.74) is -0.450. The maximum atomic E-state index is 14.1. The number of amides is 2. The zero-order valence-corrected chi connectivity index (χ0v) is 26.3. The molecule has 0 heterocycles. The van der Waals surface area contributed by atoms with Gasteiger partial charge in [0, 0.05) is 17.6 Å². The lowest BCUT2D eigenvalue weighted by atomic mass is 10.1. The van der Waals surface area contributed by atoms with Crippen LogP contribution in [0.2, 0.25) is 10.0 Å². The van der Waals surface area contributed by atoms with Crippen LogP contribution in [0.5, 0.6) is 0 Å². The Hall–Kier alpha value is -3.28. The molecular formula is C30H32Cl2F3N3O4S. The van der Waals surface area contributed by atoms with Crippen LogP contribution in [0.25, 0.3) is 0 Å². The number of anilines is 1. The summed E-state index contributed by atoms with van der Waals surface area (Å²) >= 11 is 12.2. The van der Waals surface area contributed by atoms with Crippen LogP contribution in [-0.2, 0) is 32.3 Å². The van der Waals surface area contributed by atoms with Crippen molar-refractivity contribution in [1.29, 1.82) is 0 Å². The molecule has 3 aromatic rings. The molecule has 3 aromatic carbocycles. The molecule has 7 nitrogen and oxygen atoms in total. The highest BCUT2D eigenvalue weighted by atomic mass is 35.5. The van der Waals surface area contributed by atoms with Gasteiger partial charge in [0.05, 0.1) is 21.2 Å². The first-order valence-corrected chi connectivity index (χ1v) is 15.5. The van der Waals surface area contributed by atoms with Crippen LogP contribution in [-0.4, -0.2) is 43.8 Å². The predicted octanol–water partition coefficient (Wildman–Crippen LogP) is 6.85. The number of halogens is 5.